The standard InChI is InChI=1S/C40H65N3O4Si/c1-11-12-24-41-38(44)35(30(4)5)42-39(45)37-33(23-25-46-37)36(47-48(9,10)40(6,7)8)34(26-29(2)3)43(27-31-19-15-13-16-20-31)28-32-21-17-14-18-22-32/h13-22,29-30,33-37H,11-12,23-28H2,1-10H3,(H,41,44)(H,42,45)/t33-,34-,35-,36-,37+/m0/s1. The Morgan fingerprint density at radius 2 is 1.52 bits per heavy atom. The van der Waals surface area contributed by atoms with Crippen LogP contribution in [0.1, 0.15) is 92.2 Å². The number of hydrogen-bond acceptors (Lipinski definition) is 5. The Balaban J connectivity index is 2.07. The minimum Gasteiger partial charge on any atom is -0.412 e. The highest BCUT2D eigenvalue weighted by Gasteiger charge is 2.49. The van der Waals surface area contributed by atoms with Gasteiger partial charge in [0.2, 0.25) is 11.8 Å². The average Bonchev–Trinajstić information content (AvgIpc) is 3.51. The van der Waals surface area contributed by atoms with Crippen molar-refractivity contribution in [3.05, 3.63) is 71.8 Å². The number of unbranched alkanes of at least 4 members (excludes halogenated alkanes) is 1. The molecule has 1 saturated heterocycles. The van der Waals surface area contributed by atoms with Gasteiger partial charge < -0.3 is 19.8 Å². The summed E-state index contributed by atoms with van der Waals surface area (Å²) in [6.07, 6.45) is 2.60. The van der Waals surface area contributed by atoms with Gasteiger partial charge in [0.15, 0.2) is 8.32 Å². The third kappa shape index (κ3) is 11.5. The largest absolute Gasteiger partial charge is 0.412 e. The van der Waals surface area contributed by atoms with E-state index in [1.807, 2.05) is 13.8 Å². The quantitative estimate of drug-likeness (QED) is 0.124. The second-order valence-corrected chi connectivity index (χ2v) is 20.8. The summed E-state index contributed by atoms with van der Waals surface area (Å²) in [5.41, 5.74) is 2.50. The van der Waals surface area contributed by atoms with Crippen LogP contribution in [0.2, 0.25) is 18.1 Å². The van der Waals surface area contributed by atoms with Crippen LogP contribution in [0.25, 0.3) is 0 Å². The number of rotatable bonds is 18. The average molecular weight is 680 g/mol. The van der Waals surface area contributed by atoms with Crippen molar-refractivity contribution in [1.82, 2.24) is 15.5 Å². The van der Waals surface area contributed by atoms with Gasteiger partial charge in [0, 0.05) is 38.2 Å². The van der Waals surface area contributed by atoms with E-state index in [9.17, 15) is 9.59 Å². The number of nitrogens with one attached hydrogen (secondary N) is 2. The van der Waals surface area contributed by atoms with Crippen LogP contribution in [0.5, 0.6) is 0 Å². The summed E-state index contributed by atoms with van der Waals surface area (Å²) in [7, 11) is -2.31. The predicted molar refractivity (Wildman–Crippen MR) is 200 cm³/mol. The van der Waals surface area contributed by atoms with Crippen LogP contribution in [0.4, 0.5) is 0 Å². The first-order valence-corrected chi connectivity index (χ1v) is 21.2. The lowest BCUT2D eigenvalue weighted by Crippen LogP contribution is -2.58. The van der Waals surface area contributed by atoms with E-state index < -0.39 is 20.5 Å². The van der Waals surface area contributed by atoms with E-state index in [4.69, 9.17) is 9.16 Å². The third-order valence-electron chi connectivity index (χ3n) is 10.1. The fraction of sp³-hybridized carbons (Fsp3) is 0.650. The second-order valence-electron chi connectivity index (χ2n) is 16.0. The Hall–Kier alpha value is -2.52. The molecule has 2 aromatic rings. The zero-order valence-electron chi connectivity index (χ0n) is 31.6. The number of amides is 2. The van der Waals surface area contributed by atoms with Crippen molar-refractivity contribution in [3.8, 4) is 0 Å². The first-order chi connectivity index (χ1) is 22.6. The summed E-state index contributed by atoms with van der Waals surface area (Å²) < 4.78 is 13.8. The molecule has 0 bridgehead atoms. The van der Waals surface area contributed by atoms with E-state index in [2.05, 4.69) is 131 Å². The number of hydrogen-bond donors (Lipinski definition) is 2. The third-order valence-corrected chi connectivity index (χ3v) is 14.6. The molecule has 1 heterocycles. The summed E-state index contributed by atoms with van der Waals surface area (Å²) in [4.78, 5) is 30.0. The Kier molecular flexibility index (Phi) is 15.4. The van der Waals surface area contributed by atoms with Crippen LogP contribution in [0.15, 0.2) is 60.7 Å². The zero-order valence-corrected chi connectivity index (χ0v) is 32.6. The maximum Gasteiger partial charge on any atom is 0.250 e. The molecule has 5 atom stereocenters. The molecular formula is C40H65N3O4Si. The molecule has 2 aromatic carbocycles. The fourth-order valence-corrected chi connectivity index (χ4v) is 7.72. The van der Waals surface area contributed by atoms with Gasteiger partial charge in [-0.15, -0.1) is 0 Å². The smallest absolute Gasteiger partial charge is 0.250 e. The van der Waals surface area contributed by atoms with Crippen molar-refractivity contribution >= 4 is 20.1 Å². The molecule has 2 amide bonds. The van der Waals surface area contributed by atoms with Crippen molar-refractivity contribution in [3.63, 3.8) is 0 Å². The highest BCUT2D eigenvalue weighted by molar-refractivity contribution is 6.74. The van der Waals surface area contributed by atoms with E-state index in [0.29, 0.717) is 19.1 Å². The number of ether oxygens (including phenoxy) is 1. The molecule has 0 unspecified atom stereocenters. The highest BCUT2D eigenvalue weighted by Crippen LogP contribution is 2.42. The molecule has 7 nitrogen and oxygen atoms in total. The second kappa shape index (κ2) is 18.5. The molecule has 268 valence electrons. The lowest BCUT2D eigenvalue weighted by atomic mass is 9.84. The fourth-order valence-electron chi connectivity index (χ4n) is 6.35. The number of nitrogens with zero attached hydrogens (tertiary/aromatic N) is 1. The van der Waals surface area contributed by atoms with Crippen molar-refractivity contribution in [2.45, 2.75) is 137 Å². The summed E-state index contributed by atoms with van der Waals surface area (Å²) in [5, 5.41) is 6.12. The Morgan fingerprint density at radius 1 is 0.958 bits per heavy atom. The van der Waals surface area contributed by atoms with Crippen LogP contribution in [-0.4, -0.2) is 62.5 Å². The minimum atomic E-state index is -2.31. The van der Waals surface area contributed by atoms with Crippen LogP contribution < -0.4 is 10.6 Å². The van der Waals surface area contributed by atoms with E-state index >= 15 is 0 Å². The number of carbonyl (C=O) groups is 2. The molecule has 0 spiro atoms. The van der Waals surface area contributed by atoms with Crippen LogP contribution in [0.3, 0.4) is 0 Å². The first-order valence-electron chi connectivity index (χ1n) is 18.3. The Morgan fingerprint density at radius 3 is 2.00 bits per heavy atom. The maximum absolute atomic E-state index is 14.2. The van der Waals surface area contributed by atoms with Gasteiger partial charge in [-0.25, -0.2) is 0 Å². The first kappa shape index (κ1) is 39.9. The lowest BCUT2D eigenvalue weighted by molar-refractivity contribution is -0.138. The molecule has 0 saturated carbocycles. The van der Waals surface area contributed by atoms with Gasteiger partial charge in [0.25, 0.3) is 0 Å². The maximum atomic E-state index is 14.2. The van der Waals surface area contributed by atoms with Crippen LogP contribution in [0, 0.1) is 17.8 Å². The molecular weight excluding hydrogens is 615 g/mol. The van der Waals surface area contributed by atoms with Gasteiger partial charge >= 0.3 is 0 Å². The molecule has 0 radical (unpaired) electrons. The molecule has 0 aliphatic carbocycles. The van der Waals surface area contributed by atoms with E-state index in [1.165, 1.54) is 11.1 Å². The van der Waals surface area contributed by atoms with Gasteiger partial charge in [-0.05, 0) is 60.4 Å². The Labute approximate surface area is 293 Å². The number of carbonyl (C=O) groups excluding carboxylic acids is 2. The van der Waals surface area contributed by atoms with E-state index in [1.54, 1.807) is 0 Å². The Bertz CT molecular complexity index is 1210. The minimum absolute atomic E-state index is 0.0200. The predicted octanol–water partition coefficient (Wildman–Crippen LogP) is 7.96. The summed E-state index contributed by atoms with van der Waals surface area (Å²) in [6.45, 7) is 24.7. The topological polar surface area (TPSA) is 79.9 Å². The van der Waals surface area contributed by atoms with Crippen molar-refractivity contribution in [2.24, 2.45) is 17.8 Å². The van der Waals surface area contributed by atoms with Gasteiger partial charge in [0.1, 0.15) is 12.1 Å². The van der Waals surface area contributed by atoms with Crippen molar-refractivity contribution < 1.29 is 18.8 Å². The monoisotopic (exact) mass is 679 g/mol. The number of benzene rings is 2. The lowest BCUT2D eigenvalue weighted by Gasteiger charge is -2.47. The summed E-state index contributed by atoms with van der Waals surface area (Å²) in [6, 6.07) is 20.7. The summed E-state index contributed by atoms with van der Waals surface area (Å²) in [5.74, 6) is -0.165. The molecule has 1 aliphatic rings. The molecule has 0 aromatic heterocycles. The van der Waals surface area contributed by atoms with Gasteiger partial charge in [0.05, 0.1) is 6.10 Å². The normalized spacial score (nSPS) is 19.0. The molecule has 1 fully saturated rings. The summed E-state index contributed by atoms with van der Waals surface area (Å²) >= 11 is 0. The van der Waals surface area contributed by atoms with Gasteiger partial charge in [-0.3, -0.25) is 14.5 Å². The van der Waals surface area contributed by atoms with E-state index in [-0.39, 0.29) is 40.8 Å². The molecule has 1 aliphatic heterocycles. The van der Waals surface area contributed by atoms with Crippen LogP contribution >= 0.6 is 0 Å². The van der Waals surface area contributed by atoms with Crippen LogP contribution in [-0.2, 0) is 31.8 Å². The van der Waals surface area contributed by atoms with Gasteiger partial charge in [-0.2, -0.15) is 0 Å². The molecule has 8 heteroatoms. The molecule has 2 N–H and O–H groups in total. The van der Waals surface area contributed by atoms with Crippen molar-refractivity contribution in [1.29, 1.82) is 0 Å². The zero-order chi connectivity index (χ0) is 35.5. The SMILES string of the molecule is CCCCNC(=O)[C@@H](NC(=O)[C@@H]1OCC[C@H]1[C@H](O[Si](C)(C)C(C)(C)C)[C@H](CC(C)C)N(Cc1ccccc1)Cc1ccccc1)C(C)C. The van der Waals surface area contributed by atoms with Gasteiger partial charge in [-0.1, -0.05) is 122 Å². The van der Waals surface area contributed by atoms with Crippen molar-refractivity contribution in [2.75, 3.05) is 13.2 Å². The highest BCUT2D eigenvalue weighted by atomic mass is 28.4. The van der Waals surface area contributed by atoms with E-state index in [0.717, 1.165) is 38.8 Å². The molecule has 3 rings (SSSR count). The molecule has 48 heavy (non-hydrogen) atoms.